The average Bonchev–Trinajstić information content (AvgIpc) is 2.49. The van der Waals surface area contributed by atoms with E-state index in [-0.39, 0.29) is 12.1 Å². The van der Waals surface area contributed by atoms with Gasteiger partial charge in [0.15, 0.2) is 0 Å². The van der Waals surface area contributed by atoms with Crippen LogP contribution in [0.3, 0.4) is 0 Å². The van der Waals surface area contributed by atoms with E-state index in [1.165, 1.54) is 5.56 Å². The van der Waals surface area contributed by atoms with Crippen LogP contribution in [0.15, 0.2) is 60.7 Å². The van der Waals surface area contributed by atoms with Crippen LogP contribution in [0.5, 0.6) is 0 Å². The van der Waals surface area contributed by atoms with Gasteiger partial charge in [0.1, 0.15) is 6.10 Å². The van der Waals surface area contributed by atoms with Crippen molar-refractivity contribution in [2.24, 2.45) is 0 Å². The molecule has 0 saturated carbocycles. The Morgan fingerprint density at radius 3 is 2.25 bits per heavy atom. The largest absolute Gasteiger partial charge is 0.458 e. The van der Waals surface area contributed by atoms with Crippen molar-refractivity contribution >= 4 is 5.97 Å². The van der Waals surface area contributed by atoms with Crippen molar-refractivity contribution in [2.45, 2.75) is 32.3 Å². The van der Waals surface area contributed by atoms with Crippen molar-refractivity contribution in [3.05, 3.63) is 71.8 Å². The first-order valence-corrected chi connectivity index (χ1v) is 7.04. The first-order chi connectivity index (χ1) is 9.75. The molecule has 0 fully saturated rings. The number of aryl methyl sites for hydroxylation is 1. The fourth-order valence-corrected chi connectivity index (χ4v) is 2.13. The normalized spacial score (nSPS) is 11.8. The molecule has 0 aliphatic carbocycles. The number of esters is 1. The van der Waals surface area contributed by atoms with Crippen LogP contribution in [0, 0.1) is 0 Å². The van der Waals surface area contributed by atoms with Crippen molar-refractivity contribution in [3.63, 3.8) is 0 Å². The predicted molar refractivity (Wildman–Crippen MR) is 80.3 cm³/mol. The molecule has 104 valence electrons. The molecule has 1 atom stereocenters. The van der Waals surface area contributed by atoms with Gasteiger partial charge in [-0.05, 0) is 30.9 Å². The van der Waals surface area contributed by atoms with Gasteiger partial charge in [0.2, 0.25) is 0 Å². The van der Waals surface area contributed by atoms with Crippen LogP contribution in [0.2, 0.25) is 0 Å². The summed E-state index contributed by atoms with van der Waals surface area (Å²) in [6.45, 7) is 1.91. The molecular formula is C18H20O2. The number of ether oxygens (including phenoxy) is 1. The number of rotatable bonds is 6. The molecule has 0 aromatic heterocycles. The zero-order valence-corrected chi connectivity index (χ0v) is 11.8. The van der Waals surface area contributed by atoms with Crippen molar-refractivity contribution in [1.82, 2.24) is 0 Å². The summed E-state index contributed by atoms with van der Waals surface area (Å²) in [7, 11) is 0. The molecule has 0 aliphatic heterocycles. The summed E-state index contributed by atoms with van der Waals surface area (Å²) >= 11 is 0. The van der Waals surface area contributed by atoms with Gasteiger partial charge in [0.25, 0.3) is 0 Å². The Bertz CT molecular complexity index is 520. The monoisotopic (exact) mass is 268 g/mol. The summed E-state index contributed by atoms with van der Waals surface area (Å²) in [6.07, 6.45) is 2.02. The van der Waals surface area contributed by atoms with Crippen LogP contribution in [-0.2, 0) is 16.0 Å². The highest BCUT2D eigenvalue weighted by Crippen LogP contribution is 2.17. The highest BCUT2D eigenvalue weighted by molar-refractivity contribution is 5.69. The minimum atomic E-state index is -0.180. The van der Waals surface area contributed by atoms with E-state index in [0.29, 0.717) is 6.42 Å². The van der Waals surface area contributed by atoms with E-state index in [9.17, 15) is 4.79 Å². The van der Waals surface area contributed by atoms with E-state index in [1.54, 1.807) is 0 Å². The predicted octanol–water partition coefficient (Wildman–Crippen LogP) is 4.31. The summed E-state index contributed by atoms with van der Waals surface area (Å²) in [6, 6.07) is 20.0. The van der Waals surface area contributed by atoms with Crippen molar-refractivity contribution in [3.8, 4) is 0 Å². The maximum Gasteiger partial charge on any atom is 0.306 e. The highest BCUT2D eigenvalue weighted by atomic mass is 16.5. The molecule has 2 nitrogen and oxygen atoms in total. The number of benzene rings is 2. The summed E-state index contributed by atoms with van der Waals surface area (Å²) in [5.41, 5.74) is 2.29. The minimum Gasteiger partial charge on any atom is -0.458 e. The third-order valence-electron chi connectivity index (χ3n) is 3.27. The number of carbonyl (C=O) groups excluding carboxylic acids is 1. The lowest BCUT2D eigenvalue weighted by atomic mass is 10.1. The van der Waals surface area contributed by atoms with Crippen LogP contribution in [-0.4, -0.2) is 5.97 Å². The lowest BCUT2D eigenvalue weighted by Crippen LogP contribution is -2.08. The highest BCUT2D eigenvalue weighted by Gasteiger charge is 2.10. The Kier molecular flexibility index (Phi) is 5.36. The van der Waals surface area contributed by atoms with Crippen LogP contribution in [0.4, 0.5) is 0 Å². The summed E-state index contributed by atoms with van der Waals surface area (Å²) in [4.78, 5) is 11.8. The van der Waals surface area contributed by atoms with Crippen molar-refractivity contribution in [2.75, 3.05) is 0 Å². The molecule has 20 heavy (non-hydrogen) atoms. The molecule has 0 bridgehead atoms. The molecule has 0 spiro atoms. The van der Waals surface area contributed by atoms with Gasteiger partial charge in [-0.2, -0.15) is 0 Å². The van der Waals surface area contributed by atoms with E-state index >= 15 is 0 Å². The van der Waals surface area contributed by atoms with Gasteiger partial charge in [-0.3, -0.25) is 4.79 Å². The zero-order chi connectivity index (χ0) is 14.2. The zero-order valence-electron chi connectivity index (χ0n) is 11.8. The van der Waals surface area contributed by atoms with Gasteiger partial charge >= 0.3 is 5.97 Å². The number of carbonyl (C=O) groups is 1. The molecule has 0 amide bonds. The summed E-state index contributed by atoms with van der Waals surface area (Å²) in [5.74, 6) is -0.128. The van der Waals surface area contributed by atoms with Crippen LogP contribution < -0.4 is 0 Å². The van der Waals surface area contributed by atoms with Gasteiger partial charge in [-0.15, -0.1) is 0 Å². The van der Waals surface area contributed by atoms with Gasteiger partial charge < -0.3 is 4.74 Å². The first kappa shape index (κ1) is 14.3. The number of hydrogen-bond acceptors (Lipinski definition) is 2. The lowest BCUT2D eigenvalue weighted by Gasteiger charge is -2.13. The molecule has 2 rings (SSSR count). The first-order valence-electron chi connectivity index (χ1n) is 7.04. The maximum atomic E-state index is 11.8. The lowest BCUT2D eigenvalue weighted by molar-refractivity contribution is -0.148. The Morgan fingerprint density at radius 2 is 1.60 bits per heavy atom. The molecular weight excluding hydrogens is 248 g/mol. The second-order valence-corrected chi connectivity index (χ2v) is 4.88. The van der Waals surface area contributed by atoms with Gasteiger partial charge in [-0.1, -0.05) is 60.7 Å². The minimum absolute atomic E-state index is 0.128. The van der Waals surface area contributed by atoms with Gasteiger partial charge in [-0.25, -0.2) is 0 Å². The van der Waals surface area contributed by atoms with Crippen LogP contribution >= 0.6 is 0 Å². The molecule has 0 N–H and O–H groups in total. The fourth-order valence-electron chi connectivity index (χ4n) is 2.13. The molecule has 2 aromatic rings. The Labute approximate surface area is 120 Å². The van der Waals surface area contributed by atoms with Gasteiger partial charge in [0, 0.05) is 6.42 Å². The van der Waals surface area contributed by atoms with Crippen LogP contribution in [0.1, 0.15) is 37.0 Å². The van der Waals surface area contributed by atoms with E-state index in [1.807, 2.05) is 55.5 Å². The summed E-state index contributed by atoms with van der Waals surface area (Å²) < 4.78 is 5.44. The molecule has 0 unspecified atom stereocenters. The Morgan fingerprint density at radius 1 is 1.00 bits per heavy atom. The second-order valence-electron chi connectivity index (χ2n) is 4.88. The van der Waals surface area contributed by atoms with Crippen LogP contribution in [0.25, 0.3) is 0 Å². The third kappa shape index (κ3) is 4.54. The van der Waals surface area contributed by atoms with E-state index in [4.69, 9.17) is 4.74 Å². The smallest absolute Gasteiger partial charge is 0.306 e. The Balaban J connectivity index is 1.73. The van der Waals surface area contributed by atoms with Crippen molar-refractivity contribution < 1.29 is 9.53 Å². The average molecular weight is 268 g/mol. The standard InChI is InChI=1S/C18H20O2/c1-15(17-12-6-3-7-13-17)20-18(19)14-8-11-16-9-4-2-5-10-16/h2-7,9-10,12-13,15H,8,11,14H2,1H3/t15-/m1/s1. The number of hydrogen-bond donors (Lipinski definition) is 0. The molecule has 0 heterocycles. The second kappa shape index (κ2) is 7.49. The summed E-state index contributed by atoms with van der Waals surface area (Å²) in [5, 5.41) is 0. The van der Waals surface area contributed by atoms with E-state index in [2.05, 4.69) is 12.1 Å². The molecule has 0 radical (unpaired) electrons. The van der Waals surface area contributed by atoms with E-state index in [0.717, 1.165) is 18.4 Å². The van der Waals surface area contributed by atoms with Crippen molar-refractivity contribution in [1.29, 1.82) is 0 Å². The SMILES string of the molecule is C[C@@H](OC(=O)CCCc1ccccc1)c1ccccc1. The maximum absolute atomic E-state index is 11.8. The fraction of sp³-hybridized carbons (Fsp3) is 0.278. The molecule has 0 aliphatic rings. The Hall–Kier alpha value is -2.09. The topological polar surface area (TPSA) is 26.3 Å². The molecule has 0 saturated heterocycles. The van der Waals surface area contributed by atoms with Gasteiger partial charge in [0.05, 0.1) is 0 Å². The molecule has 2 heteroatoms. The molecule has 2 aromatic carbocycles. The quantitative estimate of drug-likeness (QED) is 0.729. The van der Waals surface area contributed by atoms with E-state index < -0.39 is 0 Å². The third-order valence-corrected chi connectivity index (χ3v) is 3.27.